The van der Waals surface area contributed by atoms with E-state index in [1.807, 2.05) is 36.4 Å². The van der Waals surface area contributed by atoms with E-state index in [-0.39, 0.29) is 5.92 Å². The minimum absolute atomic E-state index is 0.0857. The molecule has 0 unspecified atom stereocenters. The first-order valence-corrected chi connectivity index (χ1v) is 12.7. The molecule has 188 valence electrons. The van der Waals surface area contributed by atoms with Gasteiger partial charge in [0.2, 0.25) is 11.9 Å². The maximum atomic E-state index is 13.2. The Kier molecular flexibility index (Phi) is 7.61. The lowest BCUT2D eigenvalue weighted by molar-refractivity contribution is -0.138. The van der Waals surface area contributed by atoms with Crippen LogP contribution in [0.1, 0.15) is 18.4 Å². The number of carbonyl (C=O) groups is 1. The van der Waals surface area contributed by atoms with Gasteiger partial charge in [-0.25, -0.2) is 4.98 Å². The van der Waals surface area contributed by atoms with Crippen LogP contribution in [0.2, 0.25) is 0 Å². The smallest absolute Gasteiger partial charge is 0.227 e. The second-order valence-corrected chi connectivity index (χ2v) is 9.44. The largest absolute Gasteiger partial charge is 0.497 e. The molecule has 2 aromatic carbocycles. The van der Waals surface area contributed by atoms with Crippen molar-refractivity contribution in [1.29, 1.82) is 0 Å². The van der Waals surface area contributed by atoms with Gasteiger partial charge in [-0.3, -0.25) is 9.69 Å². The number of carbonyl (C=O) groups excluding carboxylic acids is 1. The number of piperazine rings is 1. The number of hydrogen-bond acceptors (Lipinski definition) is 7. The molecule has 0 aliphatic carbocycles. The molecule has 2 saturated heterocycles. The van der Waals surface area contributed by atoms with Crippen molar-refractivity contribution in [2.24, 2.45) is 5.92 Å². The van der Waals surface area contributed by atoms with Crippen LogP contribution in [0, 0.1) is 5.92 Å². The highest BCUT2D eigenvalue weighted by atomic mass is 16.5. The fourth-order valence-corrected chi connectivity index (χ4v) is 4.95. The Morgan fingerprint density at radius 1 is 0.944 bits per heavy atom. The minimum Gasteiger partial charge on any atom is -0.497 e. The Labute approximate surface area is 212 Å². The van der Waals surface area contributed by atoms with E-state index in [1.54, 1.807) is 13.3 Å². The highest BCUT2D eigenvalue weighted by Gasteiger charge is 2.31. The van der Waals surface area contributed by atoms with Crippen LogP contribution >= 0.6 is 0 Å². The molecule has 1 amide bonds. The van der Waals surface area contributed by atoms with Crippen molar-refractivity contribution in [2.75, 3.05) is 56.6 Å². The fourth-order valence-electron chi connectivity index (χ4n) is 4.95. The fraction of sp³-hybridized carbons (Fsp3) is 0.393. The number of hydrogen-bond donors (Lipinski definition) is 1. The topological polar surface area (TPSA) is 73.8 Å². The molecule has 2 fully saturated rings. The molecule has 2 aliphatic rings. The number of nitrogens with one attached hydrogen (secondary N) is 1. The highest BCUT2D eigenvalue weighted by molar-refractivity contribution is 5.79. The molecule has 36 heavy (non-hydrogen) atoms. The van der Waals surface area contributed by atoms with E-state index >= 15 is 0 Å². The zero-order chi connectivity index (χ0) is 24.7. The second-order valence-electron chi connectivity index (χ2n) is 9.44. The third-order valence-corrected chi connectivity index (χ3v) is 7.07. The average molecular weight is 487 g/mol. The summed E-state index contributed by atoms with van der Waals surface area (Å²) in [7, 11) is 1.66. The van der Waals surface area contributed by atoms with Gasteiger partial charge in [0, 0.05) is 63.6 Å². The summed E-state index contributed by atoms with van der Waals surface area (Å²) in [6, 6.07) is 20.2. The summed E-state index contributed by atoms with van der Waals surface area (Å²) in [5.41, 5.74) is 2.27. The molecule has 1 N–H and O–H groups in total. The van der Waals surface area contributed by atoms with E-state index in [9.17, 15) is 4.79 Å². The van der Waals surface area contributed by atoms with Gasteiger partial charge in [-0.1, -0.05) is 30.3 Å². The van der Waals surface area contributed by atoms with E-state index in [4.69, 9.17) is 9.72 Å². The Morgan fingerprint density at radius 3 is 2.36 bits per heavy atom. The summed E-state index contributed by atoms with van der Waals surface area (Å²) in [6.45, 7) is 6.02. The quantitative estimate of drug-likeness (QED) is 0.545. The van der Waals surface area contributed by atoms with Crippen molar-refractivity contribution in [3.8, 4) is 5.75 Å². The molecule has 3 aromatic rings. The number of ether oxygens (including phenoxy) is 1. The lowest BCUT2D eigenvalue weighted by atomic mass is 9.95. The molecule has 0 saturated carbocycles. The number of methoxy groups -OCH3 is 1. The number of anilines is 3. The maximum Gasteiger partial charge on any atom is 0.227 e. The van der Waals surface area contributed by atoms with Gasteiger partial charge >= 0.3 is 0 Å². The van der Waals surface area contributed by atoms with Crippen LogP contribution in [0.15, 0.2) is 66.9 Å². The summed E-state index contributed by atoms with van der Waals surface area (Å²) in [6.07, 6.45) is 3.45. The SMILES string of the molecule is COc1ccc(Nc2ccnc(N3CCC(C(=O)N4CCN(Cc5ccccc5)CC4)CC3)n2)cc1. The second kappa shape index (κ2) is 11.4. The Bertz CT molecular complexity index is 1120. The van der Waals surface area contributed by atoms with Gasteiger partial charge in [0.05, 0.1) is 7.11 Å². The van der Waals surface area contributed by atoms with Gasteiger partial charge in [-0.05, 0) is 48.7 Å². The third-order valence-electron chi connectivity index (χ3n) is 7.07. The van der Waals surface area contributed by atoms with E-state index < -0.39 is 0 Å². The standard InChI is InChI=1S/C28H34N6O2/c1-36-25-9-7-24(8-10-25)30-26-11-14-29-28(31-26)34-15-12-23(13-16-34)27(35)33-19-17-32(18-20-33)21-22-5-3-2-4-6-22/h2-11,14,23H,12-13,15-21H2,1H3,(H,29,30,31). The first kappa shape index (κ1) is 24.1. The molecular formula is C28H34N6O2. The van der Waals surface area contributed by atoms with Crippen LogP contribution in [0.25, 0.3) is 0 Å². The summed E-state index contributed by atoms with van der Waals surface area (Å²) in [5, 5.41) is 3.33. The first-order valence-electron chi connectivity index (χ1n) is 12.7. The number of benzene rings is 2. The molecule has 0 radical (unpaired) electrons. The number of nitrogens with zero attached hydrogens (tertiary/aromatic N) is 5. The van der Waals surface area contributed by atoms with Crippen LogP contribution in [0.4, 0.5) is 17.5 Å². The van der Waals surface area contributed by atoms with Crippen molar-refractivity contribution >= 4 is 23.4 Å². The Morgan fingerprint density at radius 2 is 1.67 bits per heavy atom. The van der Waals surface area contributed by atoms with Crippen molar-refractivity contribution in [3.05, 3.63) is 72.4 Å². The molecule has 3 heterocycles. The summed E-state index contributed by atoms with van der Waals surface area (Å²) in [5.74, 6) is 2.66. The van der Waals surface area contributed by atoms with Gasteiger partial charge in [-0.2, -0.15) is 4.98 Å². The average Bonchev–Trinajstić information content (AvgIpc) is 2.94. The lowest BCUT2D eigenvalue weighted by Gasteiger charge is -2.38. The van der Waals surface area contributed by atoms with E-state index in [1.165, 1.54) is 5.56 Å². The maximum absolute atomic E-state index is 13.2. The number of piperidine rings is 1. The zero-order valence-corrected chi connectivity index (χ0v) is 20.8. The van der Waals surface area contributed by atoms with Gasteiger partial charge in [-0.15, -0.1) is 0 Å². The minimum atomic E-state index is 0.0857. The van der Waals surface area contributed by atoms with Crippen molar-refractivity contribution in [3.63, 3.8) is 0 Å². The van der Waals surface area contributed by atoms with Gasteiger partial charge in [0.15, 0.2) is 0 Å². The molecule has 0 atom stereocenters. The van der Waals surface area contributed by atoms with Crippen molar-refractivity contribution in [1.82, 2.24) is 19.8 Å². The zero-order valence-electron chi connectivity index (χ0n) is 20.8. The molecule has 2 aliphatic heterocycles. The van der Waals surface area contributed by atoms with Crippen LogP contribution < -0.4 is 15.0 Å². The van der Waals surface area contributed by atoms with Gasteiger partial charge < -0.3 is 19.9 Å². The number of amides is 1. The monoisotopic (exact) mass is 486 g/mol. The van der Waals surface area contributed by atoms with E-state index in [0.717, 1.165) is 75.9 Å². The predicted molar refractivity (Wildman–Crippen MR) is 142 cm³/mol. The molecule has 8 heteroatoms. The summed E-state index contributed by atoms with van der Waals surface area (Å²) >= 11 is 0. The molecular weight excluding hydrogens is 452 g/mol. The Hall–Kier alpha value is -3.65. The summed E-state index contributed by atoms with van der Waals surface area (Å²) < 4.78 is 5.22. The normalized spacial score (nSPS) is 17.1. The van der Waals surface area contributed by atoms with E-state index in [2.05, 4.69) is 49.3 Å². The number of aromatic nitrogens is 2. The predicted octanol–water partition coefficient (Wildman–Crippen LogP) is 3.79. The van der Waals surface area contributed by atoms with Crippen LogP contribution in [0.5, 0.6) is 5.75 Å². The van der Waals surface area contributed by atoms with Crippen LogP contribution in [-0.2, 0) is 11.3 Å². The van der Waals surface area contributed by atoms with Crippen LogP contribution in [0.3, 0.4) is 0 Å². The molecule has 0 bridgehead atoms. The highest BCUT2D eigenvalue weighted by Crippen LogP contribution is 2.25. The molecule has 8 nitrogen and oxygen atoms in total. The van der Waals surface area contributed by atoms with Crippen molar-refractivity contribution < 1.29 is 9.53 Å². The molecule has 0 spiro atoms. The molecule has 5 rings (SSSR count). The Balaban J connectivity index is 1.10. The number of rotatable bonds is 7. The van der Waals surface area contributed by atoms with Crippen LogP contribution in [-0.4, -0.2) is 72.1 Å². The van der Waals surface area contributed by atoms with E-state index in [0.29, 0.717) is 11.9 Å². The molecule has 1 aromatic heterocycles. The third kappa shape index (κ3) is 5.94. The summed E-state index contributed by atoms with van der Waals surface area (Å²) in [4.78, 5) is 29.1. The first-order chi connectivity index (χ1) is 17.7. The van der Waals surface area contributed by atoms with Crippen molar-refractivity contribution in [2.45, 2.75) is 19.4 Å². The lowest BCUT2D eigenvalue weighted by Crippen LogP contribution is -2.51. The van der Waals surface area contributed by atoms with Gasteiger partial charge in [0.1, 0.15) is 11.6 Å². The van der Waals surface area contributed by atoms with Gasteiger partial charge in [0.25, 0.3) is 0 Å².